The topological polar surface area (TPSA) is 52.5 Å². The van der Waals surface area contributed by atoms with Crippen molar-refractivity contribution in [2.75, 3.05) is 37.6 Å². The Morgan fingerprint density at radius 2 is 1.66 bits per heavy atom. The number of nitrogens with zero attached hydrogens (tertiary/aromatic N) is 4. The monoisotopic (exact) mass is 434 g/mol. The minimum Gasteiger partial charge on any atom is -0.392 e. The fourth-order valence-corrected chi connectivity index (χ4v) is 4.29. The van der Waals surface area contributed by atoms with Gasteiger partial charge in [-0.3, -0.25) is 4.90 Å². The van der Waals surface area contributed by atoms with Crippen LogP contribution in [0.25, 0.3) is 11.4 Å². The summed E-state index contributed by atoms with van der Waals surface area (Å²) >= 11 is 0. The fourth-order valence-electron chi connectivity index (χ4n) is 4.29. The van der Waals surface area contributed by atoms with Gasteiger partial charge in [0.15, 0.2) is 5.82 Å². The van der Waals surface area contributed by atoms with Crippen LogP contribution in [-0.2, 0) is 12.8 Å². The Morgan fingerprint density at radius 1 is 0.969 bits per heavy atom. The number of hydrogen-bond donors (Lipinski definition) is 1. The minimum absolute atomic E-state index is 0.227. The molecule has 1 N–H and O–H groups in total. The van der Waals surface area contributed by atoms with Gasteiger partial charge in [-0.15, -0.1) is 0 Å². The first-order chi connectivity index (χ1) is 15.5. The van der Waals surface area contributed by atoms with Crippen LogP contribution in [0.15, 0.2) is 54.6 Å². The SMILES string of the molecule is CCc1nc(-c2ccccc2)nc(N2CCN(CC(C)O)CC2)c1Cc1ccc(F)cc1. The maximum Gasteiger partial charge on any atom is 0.161 e. The summed E-state index contributed by atoms with van der Waals surface area (Å²) in [6, 6.07) is 16.8. The zero-order valence-electron chi connectivity index (χ0n) is 18.8. The summed E-state index contributed by atoms with van der Waals surface area (Å²) in [6.45, 7) is 8.09. The molecule has 1 aliphatic rings. The van der Waals surface area contributed by atoms with E-state index in [-0.39, 0.29) is 11.9 Å². The maximum absolute atomic E-state index is 13.5. The molecule has 1 saturated heterocycles. The van der Waals surface area contributed by atoms with Crippen LogP contribution in [0.5, 0.6) is 0 Å². The van der Waals surface area contributed by atoms with E-state index in [0.717, 1.165) is 66.6 Å². The van der Waals surface area contributed by atoms with E-state index in [1.807, 2.05) is 49.4 Å². The maximum atomic E-state index is 13.5. The molecule has 2 heterocycles. The molecular weight excluding hydrogens is 403 g/mol. The quantitative estimate of drug-likeness (QED) is 0.611. The molecule has 1 atom stereocenters. The smallest absolute Gasteiger partial charge is 0.161 e. The van der Waals surface area contributed by atoms with Crippen molar-refractivity contribution in [1.29, 1.82) is 0 Å². The Hall–Kier alpha value is -2.83. The summed E-state index contributed by atoms with van der Waals surface area (Å²) in [5.74, 6) is 1.48. The van der Waals surface area contributed by atoms with Gasteiger partial charge in [0.2, 0.25) is 0 Å². The molecule has 0 radical (unpaired) electrons. The molecule has 0 aliphatic carbocycles. The lowest BCUT2D eigenvalue weighted by atomic mass is 10.0. The van der Waals surface area contributed by atoms with Gasteiger partial charge in [0.1, 0.15) is 11.6 Å². The number of anilines is 1. The first-order valence-corrected chi connectivity index (χ1v) is 11.4. The number of β-amino-alcohol motifs (C(OH)–C–C–N with tert-alkyl or cyclic N) is 1. The van der Waals surface area contributed by atoms with Crippen molar-refractivity contribution in [1.82, 2.24) is 14.9 Å². The summed E-state index contributed by atoms with van der Waals surface area (Å²) in [7, 11) is 0. The highest BCUT2D eigenvalue weighted by Gasteiger charge is 2.24. The number of aromatic nitrogens is 2. The Labute approximate surface area is 189 Å². The minimum atomic E-state index is -0.328. The predicted molar refractivity (Wildman–Crippen MR) is 126 cm³/mol. The van der Waals surface area contributed by atoms with Gasteiger partial charge in [0.05, 0.1) is 6.10 Å². The first-order valence-electron chi connectivity index (χ1n) is 11.4. The van der Waals surface area contributed by atoms with E-state index in [1.54, 1.807) is 0 Å². The third kappa shape index (κ3) is 5.31. The van der Waals surface area contributed by atoms with Crippen molar-refractivity contribution >= 4 is 5.82 Å². The predicted octanol–water partition coefficient (Wildman–Crippen LogP) is 3.94. The lowest BCUT2D eigenvalue weighted by Gasteiger charge is -2.37. The number of aliphatic hydroxyl groups is 1. The fraction of sp³-hybridized carbons (Fsp3) is 0.385. The number of benzene rings is 2. The molecule has 1 aromatic heterocycles. The van der Waals surface area contributed by atoms with Crippen molar-refractivity contribution in [3.63, 3.8) is 0 Å². The van der Waals surface area contributed by atoms with Gasteiger partial charge in [-0.1, -0.05) is 49.4 Å². The van der Waals surface area contributed by atoms with Crippen LogP contribution >= 0.6 is 0 Å². The van der Waals surface area contributed by atoms with Crippen molar-refractivity contribution in [3.8, 4) is 11.4 Å². The second-order valence-corrected chi connectivity index (χ2v) is 8.46. The number of hydrogen-bond acceptors (Lipinski definition) is 5. The molecule has 0 amide bonds. The Kier molecular flexibility index (Phi) is 7.12. The van der Waals surface area contributed by atoms with Crippen molar-refractivity contribution < 1.29 is 9.50 Å². The molecule has 1 unspecified atom stereocenters. The molecule has 3 aromatic rings. The number of halogens is 1. The largest absolute Gasteiger partial charge is 0.392 e. The molecule has 4 rings (SSSR count). The zero-order chi connectivity index (χ0) is 22.5. The lowest BCUT2D eigenvalue weighted by molar-refractivity contribution is 0.122. The van der Waals surface area contributed by atoms with Crippen LogP contribution in [0, 0.1) is 5.82 Å². The molecule has 6 heteroatoms. The zero-order valence-corrected chi connectivity index (χ0v) is 18.8. The summed E-state index contributed by atoms with van der Waals surface area (Å²) in [4.78, 5) is 14.6. The summed E-state index contributed by atoms with van der Waals surface area (Å²) in [6.07, 6.45) is 1.14. The van der Waals surface area contributed by atoms with Crippen LogP contribution in [0.3, 0.4) is 0 Å². The highest BCUT2D eigenvalue weighted by Crippen LogP contribution is 2.29. The molecule has 32 heavy (non-hydrogen) atoms. The Morgan fingerprint density at radius 3 is 2.28 bits per heavy atom. The van der Waals surface area contributed by atoms with Gasteiger partial charge >= 0.3 is 0 Å². The van der Waals surface area contributed by atoms with Gasteiger partial charge in [0, 0.05) is 56.0 Å². The van der Waals surface area contributed by atoms with Crippen LogP contribution in [0.4, 0.5) is 10.2 Å². The van der Waals surface area contributed by atoms with Crippen molar-refractivity contribution in [3.05, 3.63) is 77.2 Å². The molecule has 0 bridgehead atoms. The van der Waals surface area contributed by atoms with E-state index >= 15 is 0 Å². The molecular formula is C26H31FN4O. The normalized spacial score (nSPS) is 15.7. The van der Waals surface area contributed by atoms with Gasteiger partial charge in [-0.2, -0.15) is 0 Å². The van der Waals surface area contributed by atoms with Crippen LogP contribution in [0.1, 0.15) is 30.7 Å². The third-order valence-electron chi connectivity index (χ3n) is 5.93. The standard InChI is InChI=1S/C26H31FN4O/c1-3-24-23(17-20-9-11-22(27)12-10-20)26(29-25(28-24)21-7-5-4-6-8-21)31-15-13-30(14-16-31)18-19(2)32/h4-12,19,32H,3,13-18H2,1-2H3. The summed E-state index contributed by atoms with van der Waals surface area (Å²) in [5.41, 5.74) is 4.20. The van der Waals surface area contributed by atoms with Crippen LogP contribution in [-0.4, -0.2) is 58.8 Å². The Bertz CT molecular complexity index is 1020. The van der Waals surface area contributed by atoms with Crippen LogP contribution < -0.4 is 4.90 Å². The average molecular weight is 435 g/mol. The summed E-state index contributed by atoms with van der Waals surface area (Å²) in [5, 5.41) is 9.74. The number of aliphatic hydroxyl groups excluding tert-OH is 1. The van der Waals surface area contributed by atoms with Crippen LogP contribution in [0.2, 0.25) is 0 Å². The number of piperazine rings is 1. The molecule has 1 fully saturated rings. The van der Waals surface area contributed by atoms with E-state index in [9.17, 15) is 9.50 Å². The number of aryl methyl sites for hydroxylation is 1. The second-order valence-electron chi connectivity index (χ2n) is 8.46. The highest BCUT2D eigenvalue weighted by atomic mass is 19.1. The van der Waals surface area contributed by atoms with Crippen molar-refractivity contribution in [2.24, 2.45) is 0 Å². The third-order valence-corrected chi connectivity index (χ3v) is 5.93. The number of rotatable bonds is 7. The highest BCUT2D eigenvalue weighted by molar-refractivity contribution is 5.61. The van der Waals surface area contributed by atoms with Crippen molar-refractivity contribution in [2.45, 2.75) is 32.8 Å². The molecule has 2 aromatic carbocycles. The van der Waals surface area contributed by atoms with Gasteiger partial charge in [0.25, 0.3) is 0 Å². The average Bonchev–Trinajstić information content (AvgIpc) is 2.81. The van der Waals surface area contributed by atoms with E-state index in [0.29, 0.717) is 13.0 Å². The van der Waals surface area contributed by atoms with Gasteiger partial charge in [-0.05, 0) is 31.0 Å². The molecule has 0 saturated carbocycles. The van der Waals surface area contributed by atoms with E-state index in [4.69, 9.17) is 9.97 Å². The van der Waals surface area contributed by atoms with E-state index in [2.05, 4.69) is 16.7 Å². The molecule has 5 nitrogen and oxygen atoms in total. The first kappa shape index (κ1) is 22.4. The van der Waals surface area contributed by atoms with E-state index < -0.39 is 0 Å². The summed E-state index contributed by atoms with van der Waals surface area (Å²) < 4.78 is 13.5. The van der Waals surface area contributed by atoms with Gasteiger partial charge in [-0.25, -0.2) is 14.4 Å². The van der Waals surface area contributed by atoms with E-state index in [1.165, 1.54) is 12.1 Å². The van der Waals surface area contributed by atoms with Gasteiger partial charge < -0.3 is 10.0 Å². The molecule has 168 valence electrons. The second kappa shape index (κ2) is 10.2. The lowest BCUT2D eigenvalue weighted by Crippen LogP contribution is -2.48. The molecule has 1 aliphatic heterocycles. The molecule has 0 spiro atoms. The Balaban J connectivity index is 1.71.